The highest BCUT2D eigenvalue weighted by Crippen LogP contribution is 2.06. The summed E-state index contributed by atoms with van der Waals surface area (Å²) in [6, 6.07) is 0. The number of hydrogen-bond acceptors (Lipinski definition) is 2. The van der Waals surface area contributed by atoms with Crippen molar-refractivity contribution in [1.29, 1.82) is 0 Å². The van der Waals surface area contributed by atoms with E-state index in [1.807, 2.05) is 19.9 Å². The number of esters is 1. The van der Waals surface area contributed by atoms with E-state index in [0.717, 1.165) is 12.8 Å². The predicted octanol–water partition coefficient (Wildman–Crippen LogP) is 3.88. The lowest BCUT2D eigenvalue weighted by atomic mass is 10.1. The minimum absolute atomic E-state index is 0.0422. The highest BCUT2D eigenvalue weighted by Gasteiger charge is 2.06. The van der Waals surface area contributed by atoms with Crippen LogP contribution in [0.25, 0.3) is 0 Å². The van der Waals surface area contributed by atoms with Gasteiger partial charge in [-0.1, -0.05) is 31.1 Å². The third-order valence-electron chi connectivity index (χ3n) is 2.22. The van der Waals surface area contributed by atoms with Gasteiger partial charge in [0.1, 0.15) is 6.61 Å². The van der Waals surface area contributed by atoms with Gasteiger partial charge < -0.3 is 4.74 Å². The van der Waals surface area contributed by atoms with Crippen molar-refractivity contribution in [2.75, 3.05) is 6.61 Å². The lowest BCUT2D eigenvalue weighted by Gasteiger charge is -2.05. The number of allylic oxidation sites excluding steroid dienone is 3. The van der Waals surface area contributed by atoms with Gasteiger partial charge in [-0.2, -0.15) is 0 Å². The Morgan fingerprint density at radius 2 is 1.81 bits per heavy atom. The van der Waals surface area contributed by atoms with Crippen LogP contribution in [0.2, 0.25) is 0 Å². The molecule has 0 atom stereocenters. The molecule has 0 aliphatic heterocycles. The fourth-order valence-corrected chi connectivity index (χ4v) is 1.12. The Balaban J connectivity index is 3.79. The first-order valence-electron chi connectivity index (χ1n) is 5.89. The van der Waals surface area contributed by atoms with Gasteiger partial charge in [0.15, 0.2) is 0 Å². The molecule has 2 heteroatoms. The van der Waals surface area contributed by atoms with Gasteiger partial charge in [-0.15, -0.1) is 0 Å². The average Bonchev–Trinajstić information content (AvgIpc) is 2.16. The van der Waals surface area contributed by atoms with Crippen LogP contribution in [0.4, 0.5) is 0 Å². The Morgan fingerprint density at radius 3 is 2.31 bits per heavy atom. The molecule has 0 aromatic rings. The van der Waals surface area contributed by atoms with Crippen molar-refractivity contribution in [3.63, 3.8) is 0 Å². The number of hydrogen-bond donors (Lipinski definition) is 0. The summed E-state index contributed by atoms with van der Waals surface area (Å²) in [7, 11) is 0. The van der Waals surface area contributed by atoms with Crippen LogP contribution < -0.4 is 0 Å². The maximum atomic E-state index is 11.2. The molecule has 0 heterocycles. The Bertz CT molecular complexity index is 268. The zero-order chi connectivity index (χ0) is 12.6. The summed E-state index contributed by atoms with van der Waals surface area (Å²) >= 11 is 0. The summed E-state index contributed by atoms with van der Waals surface area (Å²) < 4.78 is 5.07. The molecule has 92 valence electrons. The Labute approximate surface area is 99.4 Å². The van der Waals surface area contributed by atoms with E-state index in [1.54, 1.807) is 0 Å². The minimum Gasteiger partial charge on any atom is -0.461 e. The van der Waals surface area contributed by atoms with Crippen LogP contribution in [0.3, 0.4) is 0 Å². The van der Waals surface area contributed by atoms with E-state index in [9.17, 15) is 4.79 Å². The monoisotopic (exact) mass is 224 g/mol. The van der Waals surface area contributed by atoms with Crippen molar-refractivity contribution >= 4 is 5.97 Å². The quantitative estimate of drug-likeness (QED) is 0.505. The maximum absolute atomic E-state index is 11.2. The maximum Gasteiger partial charge on any atom is 0.308 e. The topological polar surface area (TPSA) is 26.3 Å². The molecule has 0 fully saturated rings. The van der Waals surface area contributed by atoms with Crippen LogP contribution in [0.5, 0.6) is 0 Å². The molecular weight excluding hydrogens is 200 g/mol. The third kappa shape index (κ3) is 8.27. The average molecular weight is 224 g/mol. The molecule has 0 aliphatic rings. The van der Waals surface area contributed by atoms with Crippen LogP contribution in [0, 0.1) is 5.92 Å². The molecule has 0 spiro atoms. The van der Waals surface area contributed by atoms with E-state index in [-0.39, 0.29) is 11.9 Å². The SMILES string of the molecule is CC(C)=CCC/C(C)=C\COC(=O)C(C)C. The van der Waals surface area contributed by atoms with E-state index < -0.39 is 0 Å². The smallest absolute Gasteiger partial charge is 0.308 e. The standard InChI is InChI=1S/C14H24O2/c1-11(2)7-6-8-13(5)9-10-16-14(15)12(3)4/h7,9,12H,6,8,10H2,1-5H3/b13-9-. The summed E-state index contributed by atoms with van der Waals surface area (Å²) in [5, 5.41) is 0. The highest BCUT2D eigenvalue weighted by atomic mass is 16.5. The molecule has 0 unspecified atom stereocenters. The second-order valence-corrected chi connectivity index (χ2v) is 4.66. The van der Waals surface area contributed by atoms with Gasteiger partial charge in [-0.05, 0) is 39.7 Å². The molecule has 0 amide bonds. The summed E-state index contributed by atoms with van der Waals surface area (Å²) in [5.74, 6) is -0.173. The van der Waals surface area contributed by atoms with E-state index in [4.69, 9.17) is 4.74 Å². The predicted molar refractivity (Wildman–Crippen MR) is 68.2 cm³/mol. The van der Waals surface area contributed by atoms with Crippen molar-refractivity contribution in [2.45, 2.75) is 47.5 Å². The molecule has 0 saturated carbocycles. The molecule has 0 rings (SSSR count). The van der Waals surface area contributed by atoms with Gasteiger partial charge in [0.2, 0.25) is 0 Å². The molecular formula is C14H24O2. The van der Waals surface area contributed by atoms with Crippen molar-refractivity contribution in [3.8, 4) is 0 Å². The number of rotatable bonds is 6. The minimum atomic E-state index is -0.131. The van der Waals surface area contributed by atoms with Crippen molar-refractivity contribution in [3.05, 3.63) is 23.3 Å². The van der Waals surface area contributed by atoms with Crippen LogP contribution in [0.1, 0.15) is 47.5 Å². The molecule has 0 saturated heterocycles. The van der Waals surface area contributed by atoms with Crippen molar-refractivity contribution < 1.29 is 9.53 Å². The summed E-state index contributed by atoms with van der Waals surface area (Å²) in [6.07, 6.45) is 6.30. The van der Waals surface area contributed by atoms with Crippen molar-refractivity contribution in [1.82, 2.24) is 0 Å². The van der Waals surface area contributed by atoms with Crippen molar-refractivity contribution in [2.24, 2.45) is 5.92 Å². The van der Waals surface area contributed by atoms with E-state index in [1.165, 1.54) is 11.1 Å². The van der Waals surface area contributed by atoms with Gasteiger partial charge in [0, 0.05) is 0 Å². The van der Waals surface area contributed by atoms with Gasteiger partial charge >= 0.3 is 5.97 Å². The highest BCUT2D eigenvalue weighted by molar-refractivity contribution is 5.71. The van der Waals surface area contributed by atoms with Gasteiger partial charge in [0.05, 0.1) is 5.92 Å². The Morgan fingerprint density at radius 1 is 1.19 bits per heavy atom. The fourth-order valence-electron chi connectivity index (χ4n) is 1.12. The zero-order valence-corrected chi connectivity index (χ0v) is 11.2. The van der Waals surface area contributed by atoms with Crippen LogP contribution >= 0.6 is 0 Å². The number of carbonyl (C=O) groups excluding carboxylic acids is 1. The first-order chi connectivity index (χ1) is 7.43. The summed E-state index contributed by atoms with van der Waals surface area (Å²) in [6.45, 7) is 10.4. The fraction of sp³-hybridized carbons (Fsp3) is 0.643. The van der Waals surface area contributed by atoms with E-state index >= 15 is 0 Å². The summed E-state index contributed by atoms with van der Waals surface area (Å²) in [5.41, 5.74) is 2.62. The summed E-state index contributed by atoms with van der Waals surface area (Å²) in [4.78, 5) is 11.2. The lowest BCUT2D eigenvalue weighted by molar-refractivity contribution is -0.146. The molecule has 0 N–H and O–H groups in total. The molecule has 0 radical (unpaired) electrons. The van der Waals surface area contributed by atoms with Crippen LogP contribution in [-0.4, -0.2) is 12.6 Å². The van der Waals surface area contributed by atoms with Gasteiger partial charge in [-0.25, -0.2) is 0 Å². The van der Waals surface area contributed by atoms with E-state index in [2.05, 4.69) is 26.8 Å². The van der Waals surface area contributed by atoms with E-state index in [0.29, 0.717) is 6.61 Å². The second-order valence-electron chi connectivity index (χ2n) is 4.66. The van der Waals surface area contributed by atoms with Gasteiger partial charge in [-0.3, -0.25) is 4.79 Å². The molecule has 2 nitrogen and oxygen atoms in total. The number of ether oxygens (including phenoxy) is 1. The van der Waals surface area contributed by atoms with Gasteiger partial charge in [0.25, 0.3) is 0 Å². The lowest BCUT2D eigenvalue weighted by Crippen LogP contribution is -2.11. The molecule has 0 aromatic heterocycles. The third-order valence-corrected chi connectivity index (χ3v) is 2.22. The zero-order valence-electron chi connectivity index (χ0n) is 11.2. The number of carbonyl (C=O) groups is 1. The largest absolute Gasteiger partial charge is 0.461 e. The Hall–Kier alpha value is -1.05. The molecule has 0 aliphatic carbocycles. The Kier molecular flexibility index (Phi) is 7.61. The van der Waals surface area contributed by atoms with Crippen LogP contribution in [-0.2, 0) is 9.53 Å². The second kappa shape index (κ2) is 8.14. The first kappa shape index (κ1) is 14.9. The molecule has 0 bridgehead atoms. The normalized spacial score (nSPS) is 11.5. The molecule has 0 aromatic carbocycles. The van der Waals surface area contributed by atoms with Crippen LogP contribution in [0.15, 0.2) is 23.3 Å². The molecule has 16 heavy (non-hydrogen) atoms. The first-order valence-corrected chi connectivity index (χ1v) is 5.89.